The molecule has 8 heavy (non-hydrogen) atoms. The van der Waals surface area contributed by atoms with Crippen LogP contribution in [0.5, 0.6) is 0 Å². The highest BCUT2D eigenvalue weighted by molar-refractivity contribution is 9.28. The molecule has 0 saturated carbocycles. The summed E-state index contributed by atoms with van der Waals surface area (Å²) in [6.45, 7) is 0. The second-order valence-electron chi connectivity index (χ2n) is 1.18. The predicted octanol–water partition coefficient (Wildman–Crippen LogP) is 2.37. The number of alkyl halides is 1. The van der Waals surface area contributed by atoms with Crippen molar-refractivity contribution < 1.29 is 5.11 Å². The van der Waals surface area contributed by atoms with Crippen molar-refractivity contribution in [3.8, 4) is 0 Å². The van der Waals surface area contributed by atoms with Crippen molar-refractivity contribution in [2.45, 2.75) is 6.10 Å². The maximum Gasteiger partial charge on any atom is 0.0836 e. The lowest BCUT2D eigenvalue weighted by Crippen LogP contribution is -2.01. The number of hydrogen-bond donors (Lipinski definition) is 1. The summed E-state index contributed by atoms with van der Waals surface area (Å²) in [7, 11) is 0. The third-order valence-corrected chi connectivity index (χ3v) is 1.67. The van der Waals surface area contributed by atoms with E-state index in [0.717, 1.165) is 3.39 Å². The molecule has 0 aliphatic heterocycles. The molecule has 1 unspecified atom stereocenters. The molecule has 1 atom stereocenters. The average Bonchev–Trinajstić information content (AvgIpc) is 1.65. The molecule has 0 bridgehead atoms. The fourth-order valence-electron chi connectivity index (χ4n) is 0.190. The molecule has 0 aliphatic carbocycles. The molecule has 1 N–H and O–H groups in total. The van der Waals surface area contributed by atoms with Crippen molar-refractivity contribution in [2.24, 2.45) is 0 Å². The third-order valence-electron chi connectivity index (χ3n) is 0.476. The van der Waals surface area contributed by atoms with Gasteiger partial charge in [-0.05, 0) is 37.9 Å². The van der Waals surface area contributed by atoms with Gasteiger partial charge in [-0.2, -0.15) is 0 Å². The maximum absolute atomic E-state index is 8.85. The van der Waals surface area contributed by atoms with E-state index in [-0.39, 0.29) is 0 Å². The van der Waals surface area contributed by atoms with E-state index in [1.807, 2.05) is 0 Å². The minimum Gasteiger partial charge on any atom is -0.388 e. The Morgan fingerprint density at radius 3 is 2.25 bits per heavy atom. The zero-order valence-electron chi connectivity index (χ0n) is 3.94. The topological polar surface area (TPSA) is 20.2 Å². The molecule has 1 nitrogen and oxygen atoms in total. The lowest BCUT2D eigenvalue weighted by Gasteiger charge is -1.95. The molecule has 0 aromatic heterocycles. The van der Waals surface area contributed by atoms with Gasteiger partial charge in [0, 0.05) is 5.33 Å². The largest absolute Gasteiger partial charge is 0.388 e. The van der Waals surface area contributed by atoms with Crippen molar-refractivity contribution in [2.75, 3.05) is 5.33 Å². The molecule has 0 fully saturated rings. The molecule has 0 aromatic carbocycles. The van der Waals surface area contributed by atoms with Gasteiger partial charge >= 0.3 is 0 Å². The summed E-state index contributed by atoms with van der Waals surface area (Å²) in [6.07, 6.45) is 1.23. The monoisotopic (exact) mass is 306 g/mol. The van der Waals surface area contributed by atoms with E-state index >= 15 is 0 Å². The lowest BCUT2D eigenvalue weighted by atomic mass is 10.4. The zero-order valence-corrected chi connectivity index (χ0v) is 8.70. The fraction of sp³-hybridized carbons (Fsp3) is 0.500. The van der Waals surface area contributed by atoms with Gasteiger partial charge in [-0.3, -0.25) is 0 Å². The van der Waals surface area contributed by atoms with E-state index in [4.69, 9.17) is 5.11 Å². The highest BCUT2D eigenvalue weighted by Gasteiger charge is 1.94. The second-order valence-corrected chi connectivity index (χ2v) is 4.60. The SMILES string of the molecule is OC(C=C(Br)Br)CBr. The molecule has 0 rings (SSSR count). The predicted molar refractivity (Wildman–Crippen MR) is 45.7 cm³/mol. The van der Waals surface area contributed by atoms with Crippen molar-refractivity contribution in [3.63, 3.8) is 0 Å². The molecule has 4 heteroatoms. The van der Waals surface area contributed by atoms with Crippen molar-refractivity contribution >= 4 is 47.8 Å². The van der Waals surface area contributed by atoms with E-state index in [9.17, 15) is 0 Å². The van der Waals surface area contributed by atoms with Crippen LogP contribution in [-0.2, 0) is 0 Å². The van der Waals surface area contributed by atoms with Crippen LogP contribution in [0.15, 0.2) is 9.47 Å². The Bertz CT molecular complexity index is 87.3. The van der Waals surface area contributed by atoms with Crippen LogP contribution in [0.4, 0.5) is 0 Å². The van der Waals surface area contributed by atoms with Gasteiger partial charge in [0.1, 0.15) is 0 Å². The fourth-order valence-corrected chi connectivity index (χ4v) is 0.987. The second kappa shape index (κ2) is 4.97. The van der Waals surface area contributed by atoms with Crippen LogP contribution in [-0.4, -0.2) is 16.5 Å². The Hall–Kier alpha value is 1.14. The summed E-state index contributed by atoms with van der Waals surface area (Å²) in [4.78, 5) is 0. The molecule has 0 aromatic rings. The van der Waals surface area contributed by atoms with Gasteiger partial charge < -0.3 is 5.11 Å². The van der Waals surface area contributed by atoms with Crippen molar-refractivity contribution in [3.05, 3.63) is 9.47 Å². The minimum absolute atomic E-state index is 0.413. The van der Waals surface area contributed by atoms with E-state index < -0.39 is 6.10 Å². The number of halogens is 3. The molecular formula is C4H5Br3O. The van der Waals surface area contributed by atoms with Crippen LogP contribution in [0.3, 0.4) is 0 Å². The molecule has 0 aliphatic rings. The molecule has 0 heterocycles. The van der Waals surface area contributed by atoms with Crippen molar-refractivity contribution in [1.82, 2.24) is 0 Å². The molecule has 0 saturated heterocycles. The first-order chi connectivity index (χ1) is 3.66. The van der Waals surface area contributed by atoms with Gasteiger partial charge in [0.25, 0.3) is 0 Å². The standard InChI is InChI=1S/C4H5Br3O/c5-2-3(8)1-4(6)7/h1,3,8H,2H2. The Morgan fingerprint density at radius 2 is 2.12 bits per heavy atom. The summed E-state index contributed by atoms with van der Waals surface area (Å²) in [5, 5.41) is 9.41. The maximum atomic E-state index is 8.85. The molecule has 48 valence electrons. The molecule has 0 amide bonds. The van der Waals surface area contributed by atoms with Crippen LogP contribution in [0.2, 0.25) is 0 Å². The minimum atomic E-state index is -0.413. The van der Waals surface area contributed by atoms with Gasteiger partial charge in [0.05, 0.1) is 9.50 Å². The highest BCUT2D eigenvalue weighted by Crippen LogP contribution is 2.13. The summed E-state index contributed by atoms with van der Waals surface area (Å²) < 4.78 is 0.775. The third kappa shape index (κ3) is 5.28. The Labute approximate surface area is 73.5 Å². The molecule has 0 spiro atoms. The van der Waals surface area contributed by atoms with E-state index in [2.05, 4.69) is 47.8 Å². The summed E-state index contributed by atoms with van der Waals surface area (Å²) >= 11 is 9.33. The smallest absolute Gasteiger partial charge is 0.0836 e. The highest BCUT2D eigenvalue weighted by atomic mass is 79.9. The van der Waals surface area contributed by atoms with Crippen LogP contribution in [0, 0.1) is 0 Å². The quantitative estimate of drug-likeness (QED) is 0.777. The number of aliphatic hydroxyl groups is 1. The summed E-state index contributed by atoms with van der Waals surface area (Å²) in [5.74, 6) is 0. The Kier molecular flexibility index (Phi) is 5.68. The lowest BCUT2D eigenvalue weighted by molar-refractivity contribution is 0.250. The van der Waals surface area contributed by atoms with Crippen LogP contribution >= 0.6 is 47.8 Å². The van der Waals surface area contributed by atoms with Crippen LogP contribution in [0.25, 0.3) is 0 Å². The van der Waals surface area contributed by atoms with E-state index in [0.29, 0.717) is 5.33 Å². The summed E-state index contributed by atoms with van der Waals surface area (Å²) in [5.41, 5.74) is 0. The van der Waals surface area contributed by atoms with Crippen LogP contribution < -0.4 is 0 Å². The van der Waals surface area contributed by atoms with E-state index in [1.54, 1.807) is 6.08 Å². The van der Waals surface area contributed by atoms with Gasteiger partial charge in [0.2, 0.25) is 0 Å². The first-order valence-electron chi connectivity index (χ1n) is 1.93. The normalized spacial score (nSPS) is 13.0. The average molecular weight is 309 g/mol. The Morgan fingerprint density at radius 1 is 1.62 bits per heavy atom. The Balaban J connectivity index is 3.51. The van der Waals surface area contributed by atoms with Gasteiger partial charge in [-0.1, -0.05) is 15.9 Å². The van der Waals surface area contributed by atoms with Crippen LogP contribution in [0.1, 0.15) is 0 Å². The number of rotatable bonds is 2. The summed E-state index contributed by atoms with van der Waals surface area (Å²) in [6, 6.07) is 0. The van der Waals surface area contributed by atoms with E-state index in [1.165, 1.54) is 0 Å². The van der Waals surface area contributed by atoms with Gasteiger partial charge in [0.15, 0.2) is 0 Å². The van der Waals surface area contributed by atoms with Gasteiger partial charge in [-0.25, -0.2) is 0 Å². The van der Waals surface area contributed by atoms with Crippen molar-refractivity contribution in [1.29, 1.82) is 0 Å². The molecular weight excluding hydrogens is 304 g/mol. The number of aliphatic hydroxyl groups excluding tert-OH is 1. The van der Waals surface area contributed by atoms with Gasteiger partial charge in [-0.15, -0.1) is 0 Å². The zero-order chi connectivity index (χ0) is 6.57. The first-order valence-corrected chi connectivity index (χ1v) is 4.64. The number of hydrogen-bond acceptors (Lipinski definition) is 1. The first kappa shape index (κ1) is 9.14. The molecule has 0 radical (unpaired) electrons.